The zero-order valence-electron chi connectivity index (χ0n) is 13.5. The monoisotopic (exact) mass is 294 g/mol. The van der Waals surface area contributed by atoms with Crippen LogP contribution in [-0.2, 0) is 0 Å². The Kier molecular flexibility index (Phi) is 7.61. The van der Waals surface area contributed by atoms with E-state index in [0.29, 0.717) is 42.0 Å². The summed E-state index contributed by atoms with van der Waals surface area (Å²) in [5, 5.41) is 18.6. The third-order valence-corrected chi connectivity index (χ3v) is 3.71. The van der Waals surface area contributed by atoms with E-state index < -0.39 is 7.12 Å². The summed E-state index contributed by atoms with van der Waals surface area (Å²) in [6.07, 6.45) is 2.09. The molecule has 5 heteroatoms. The molecule has 1 aromatic carbocycles. The lowest BCUT2D eigenvalue weighted by atomic mass is 9.80. The molecule has 0 fully saturated rings. The van der Waals surface area contributed by atoms with E-state index in [0.717, 1.165) is 12.8 Å². The molecule has 1 aromatic rings. The molecule has 0 unspecified atom stereocenters. The van der Waals surface area contributed by atoms with Crippen molar-refractivity contribution in [3.8, 4) is 11.5 Å². The van der Waals surface area contributed by atoms with Gasteiger partial charge >= 0.3 is 7.12 Å². The first kappa shape index (κ1) is 17.9. The van der Waals surface area contributed by atoms with Crippen molar-refractivity contribution in [2.45, 2.75) is 40.5 Å². The second kappa shape index (κ2) is 8.95. The Balaban J connectivity index is 2.83. The predicted molar refractivity (Wildman–Crippen MR) is 86.2 cm³/mol. The first-order valence-corrected chi connectivity index (χ1v) is 7.73. The van der Waals surface area contributed by atoms with Crippen molar-refractivity contribution in [3.63, 3.8) is 0 Å². The number of ether oxygens (including phenoxy) is 2. The minimum Gasteiger partial charge on any atom is -0.489 e. The fourth-order valence-corrected chi connectivity index (χ4v) is 1.62. The van der Waals surface area contributed by atoms with Crippen LogP contribution in [0.25, 0.3) is 0 Å². The Morgan fingerprint density at radius 1 is 0.952 bits per heavy atom. The van der Waals surface area contributed by atoms with Crippen LogP contribution in [0.1, 0.15) is 40.5 Å². The highest BCUT2D eigenvalue weighted by molar-refractivity contribution is 6.58. The Labute approximate surface area is 128 Å². The summed E-state index contributed by atoms with van der Waals surface area (Å²) in [4.78, 5) is 0. The van der Waals surface area contributed by atoms with E-state index in [1.807, 2.05) is 0 Å². The summed E-state index contributed by atoms with van der Waals surface area (Å²) in [5.74, 6) is 2.14. The standard InChI is InChI=1S/C16H27BO4/c1-5-12(3)10-20-15-8-7-14(17(18)19)9-16(15)21-11-13(4)6-2/h7-9,12-13,18-19H,5-6,10-11H2,1-4H3/t12-,13+/m1/s1. The number of rotatable bonds is 9. The molecule has 21 heavy (non-hydrogen) atoms. The van der Waals surface area contributed by atoms with Gasteiger partial charge in [0.25, 0.3) is 0 Å². The molecule has 4 nitrogen and oxygen atoms in total. The normalized spacial score (nSPS) is 13.6. The molecular weight excluding hydrogens is 267 g/mol. The van der Waals surface area contributed by atoms with Gasteiger partial charge in [0.1, 0.15) is 0 Å². The van der Waals surface area contributed by atoms with E-state index in [1.54, 1.807) is 18.2 Å². The van der Waals surface area contributed by atoms with Crippen LogP contribution < -0.4 is 14.9 Å². The summed E-state index contributed by atoms with van der Waals surface area (Å²) in [5.41, 5.74) is 0.407. The maximum atomic E-state index is 9.28. The molecule has 0 amide bonds. The number of hydrogen-bond acceptors (Lipinski definition) is 4. The van der Waals surface area contributed by atoms with Crippen molar-refractivity contribution in [2.24, 2.45) is 11.8 Å². The van der Waals surface area contributed by atoms with Crippen LogP contribution >= 0.6 is 0 Å². The summed E-state index contributed by atoms with van der Waals surface area (Å²) < 4.78 is 11.6. The molecule has 1 rings (SSSR count). The zero-order chi connectivity index (χ0) is 15.8. The molecule has 118 valence electrons. The van der Waals surface area contributed by atoms with Gasteiger partial charge < -0.3 is 19.5 Å². The molecule has 0 aliphatic heterocycles. The van der Waals surface area contributed by atoms with Crippen molar-refractivity contribution >= 4 is 12.6 Å². The minimum atomic E-state index is -1.50. The lowest BCUT2D eigenvalue weighted by Gasteiger charge is -2.17. The van der Waals surface area contributed by atoms with Gasteiger partial charge in [-0.2, -0.15) is 0 Å². The van der Waals surface area contributed by atoms with Gasteiger partial charge in [-0.3, -0.25) is 0 Å². The molecule has 0 spiro atoms. The third kappa shape index (κ3) is 5.98. The predicted octanol–water partition coefficient (Wildman–Crippen LogP) is 2.22. The second-order valence-electron chi connectivity index (χ2n) is 5.73. The molecule has 2 N–H and O–H groups in total. The van der Waals surface area contributed by atoms with Crippen LogP contribution in [0.2, 0.25) is 0 Å². The molecule has 0 heterocycles. The molecule has 0 bridgehead atoms. The van der Waals surface area contributed by atoms with Crippen LogP contribution in [-0.4, -0.2) is 30.4 Å². The lowest BCUT2D eigenvalue weighted by molar-refractivity contribution is 0.218. The number of benzene rings is 1. The van der Waals surface area contributed by atoms with E-state index in [4.69, 9.17) is 9.47 Å². The largest absolute Gasteiger partial charge is 0.489 e. The summed E-state index contributed by atoms with van der Waals surface area (Å²) in [7, 11) is -1.50. The second-order valence-corrected chi connectivity index (χ2v) is 5.73. The molecule has 0 radical (unpaired) electrons. The van der Waals surface area contributed by atoms with Gasteiger partial charge in [-0.25, -0.2) is 0 Å². The maximum Gasteiger partial charge on any atom is 0.488 e. The number of hydrogen-bond donors (Lipinski definition) is 2. The van der Waals surface area contributed by atoms with Gasteiger partial charge in [0, 0.05) is 0 Å². The van der Waals surface area contributed by atoms with E-state index in [9.17, 15) is 10.0 Å². The fraction of sp³-hybridized carbons (Fsp3) is 0.625. The Morgan fingerprint density at radius 2 is 1.48 bits per heavy atom. The van der Waals surface area contributed by atoms with Gasteiger partial charge in [0.05, 0.1) is 13.2 Å². The van der Waals surface area contributed by atoms with Gasteiger partial charge in [0.15, 0.2) is 11.5 Å². The van der Waals surface area contributed by atoms with Crippen LogP contribution in [0.15, 0.2) is 18.2 Å². The maximum absolute atomic E-state index is 9.28. The highest BCUT2D eigenvalue weighted by Gasteiger charge is 2.16. The lowest BCUT2D eigenvalue weighted by Crippen LogP contribution is -2.29. The van der Waals surface area contributed by atoms with Gasteiger partial charge in [-0.15, -0.1) is 0 Å². The quantitative estimate of drug-likeness (QED) is 0.686. The smallest absolute Gasteiger partial charge is 0.488 e. The summed E-state index contributed by atoms with van der Waals surface area (Å²) in [6, 6.07) is 5.02. The highest BCUT2D eigenvalue weighted by Crippen LogP contribution is 2.27. The fourth-order valence-electron chi connectivity index (χ4n) is 1.62. The molecule has 0 aromatic heterocycles. The van der Waals surface area contributed by atoms with Gasteiger partial charge in [0.2, 0.25) is 0 Å². The third-order valence-electron chi connectivity index (χ3n) is 3.71. The summed E-state index contributed by atoms with van der Waals surface area (Å²) in [6.45, 7) is 9.69. The minimum absolute atomic E-state index is 0.407. The van der Waals surface area contributed by atoms with Crippen LogP contribution in [0.3, 0.4) is 0 Å². The molecule has 0 aliphatic rings. The van der Waals surface area contributed by atoms with Crippen molar-refractivity contribution in [1.29, 1.82) is 0 Å². The first-order valence-electron chi connectivity index (χ1n) is 7.73. The van der Waals surface area contributed by atoms with Gasteiger partial charge in [-0.1, -0.05) is 46.6 Å². The van der Waals surface area contributed by atoms with Crippen molar-refractivity contribution in [2.75, 3.05) is 13.2 Å². The molecular formula is C16H27BO4. The Hall–Kier alpha value is -1.20. The average molecular weight is 294 g/mol. The van der Waals surface area contributed by atoms with Crippen molar-refractivity contribution < 1.29 is 19.5 Å². The van der Waals surface area contributed by atoms with Crippen LogP contribution in [0, 0.1) is 11.8 Å². The van der Waals surface area contributed by atoms with Crippen LogP contribution in [0.4, 0.5) is 0 Å². The molecule has 2 atom stereocenters. The summed E-state index contributed by atoms with van der Waals surface area (Å²) >= 11 is 0. The van der Waals surface area contributed by atoms with E-state index in [1.165, 1.54) is 0 Å². The van der Waals surface area contributed by atoms with Gasteiger partial charge in [-0.05, 0) is 29.4 Å². The topological polar surface area (TPSA) is 58.9 Å². The molecule has 0 aliphatic carbocycles. The van der Waals surface area contributed by atoms with E-state index in [2.05, 4.69) is 27.7 Å². The van der Waals surface area contributed by atoms with Crippen molar-refractivity contribution in [1.82, 2.24) is 0 Å². The van der Waals surface area contributed by atoms with Crippen LogP contribution in [0.5, 0.6) is 11.5 Å². The average Bonchev–Trinajstić information content (AvgIpc) is 2.50. The SMILES string of the molecule is CC[C@@H](C)COc1ccc(B(O)O)cc1OC[C@@H](C)CC. The zero-order valence-corrected chi connectivity index (χ0v) is 13.5. The van der Waals surface area contributed by atoms with E-state index >= 15 is 0 Å². The van der Waals surface area contributed by atoms with Crippen molar-refractivity contribution in [3.05, 3.63) is 18.2 Å². The molecule has 0 saturated heterocycles. The highest BCUT2D eigenvalue weighted by atomic mass is 16.5. The van der Waals surface area contributed by atoms with E-state index in [-0.39, 0.29) is 0 Å². The Morgan fingerprint density at radius 3 is 1.95 bits per heavy atom. The molecule has 0 saturated carbocycles. The Bertz CT molecular complexity index is 423. The first-order chi connectivity index (χ1) is 9.97.